The Hall–Kier alpha value is -1.49. The Balaban J connectivity index is 2.01. The Kier molecular flexibility index (Phi) is 5.06. The second kappa shape index (κ2) is 6.79. The fourth-order valence-corrected chi connectivity index (χ4v) is 2.72. The Labute approximate surface area is 128 Å². The van der Waals surface area contributed by atoms with Crippen LogP contribution in [0.3, 0.4) is 0 Å². The summed E-state index contributed by atoms with van der Waals surface area (Å²) in [6, 6.07) is 6.52. The number of nitrogens with zero attached hydrogens (tertiary/aromatic N) is 1. The number of H-pyrrole nitrogens is 1. The van der Waals surface area contributed by atoms with Gasteiger partial charge in [-0.15, -0.1) is 0 Å². The maximum atomic E-state index is 5.85. The van der Waals surface area contributed by atoms with E-state index in [1.165, 1.54) is 10.9 Å². The predicted molar refractivity (Wildman–Crippen MR) is 89.1 cm³/mol. The lowest BCUT2D eigenvalue weighted by Gasteiger charge is -2.11. The third-order valence-electron chi connectivity index (χ3n) is 3.41. The Morgan fingerprint density at radius 1 is 1.50 bits per heavy atom. The number of hydrogen-bond donors (Lipinski definition) is 3. The van der Waals surface area contributed by atoms with Crippen molar-refractivity contribution in [2.24, 2.45) is 10.7 Å². The van der Waals surface area contributed by atoms with Crippen molar-refractivity contribution in [3.63, 3.8) is 0 Å². The van der Waals surface area contributed by atoms with Gasteiger partial charge in [0, 0.05) is 34.2 Å². The Morgan fingerprint density at radius 3 is 3.05 bits per heavy atom. The molecule has 0 amide bonds. The summed E-state index contributed by atoms with van der Waals surface area (Å²) >= 11 is 3.60. The number of fused-ring (bicyclic) bond motifs is 1. The van der Waals surface area contributed by atoms with Crippen molar-refractivity contribution in [3.8, 4) is 0 Å². The molecule has 4 N–H and O–H groups in total. The highest BCUT2D eigenvalue weighted by atomic mass is 79.9. The molecule has 0 bridgehead atoms. The van der Waals surface area contributed by atoms with Crippen LogP contribution in [-0.2, 0) is 6.42 Å². The third kappa shape index (κ3) is 3.54. The summed E-state index contributed by atoms with van der Waals surface area (Å²) in [5.74, 6) is 0.526. The van der Waals surface area contributed by atoms with E-state index in [4.69, 9.17) is 5.73 Å². The van der Waals surface area contributed by atoms with E-state index in [1.807, 2.05) is 12.3 Å². The number of nitrogens with two attached hydrogens (primary N) is 1. The minimum absolute atomic E-state index is 0.362. The van der Waals surface area contributed by atoms with Gasteiger partial charge in [0.25, 0.3) is 0 Å². The zero-order valence-electron chi connectivity index (χ0n) is 11.9. The Morgan fingerprint density at radius 2 is 2.30 bits per heavy atom. The molecule has 0 radical (unpaired) electrons. The van der Waals surface area contributed by atoms with E-state index in [9.17, 15) is 0 Å². The largest absolute Gasteiger partial charge is 0.370 e. The third-order valence-corrected chi connectivity index (χ3v) is 4.07. The molecule has 0 fully saturated rings. The van der Waals surface area contributed by atoms with Crippen LogP contribution in [0, 0.1) is 0 Å². The van der Waals surface area contributed by atoms with Gasteiger partial charge in [0.1, 0.15) is 0 Å². The molecular formula is C15H21BrN4. The quantitative estimate of drug-likeness (QED) is 0.579. The normalized spacial score (nSPS) is 13.7. The molecule has 2 aromatic rings. The van der Waals surface area contributed by atoms with Crippen LogP contribution >= 0.6 is 15.9 Å². The zero-order chi connectivity index (χ0) is 14.5. The Bertz CT molecular complexity index is 603. The fourth-order valence-electron chi connectivity index (χ4n) is 2.10. The first-order valence-electron chi connectivity index (χ1n) is 6.92. The summed E-state index contributed by atoms with van der Waals surface area (Å²) in [7, 11) is 0. The van der Waals surface area contributed by atoms with Crippen LogP contribution in [0.15, 0.2) is 33.9 Å². The number of nitrogens with one attached hydrogen (secondary N) is 2. The maximum Gasteiger partial charge on any atom is 0.188 e. The van der Waals surface area contributed by atoms with E-state index in [0.29, 0.717) is 18.5 Å². The van der Waals surface area contributed by atoms with Crippen LogP contribution < -0.4 is 11.1 Å². The van der Waals surface area contributed by atoms with Gasteiger partial charge in [-0.05, 0) is 37.5 Å². The maximum absolute atomic E-state index is 5.85. The number of aliphatic imine (C=N–C) groups is 1. The van der Waals surface area contributed by atoms with E-state index in [0.717, 1.165) is 22.8 Å². The van der Waals surface area contributed by atoms with Crippen molar-refractivity contribution in [2.75, 3.05) is 6.54 Å². The predicted octanol–water partition coefficient (Wildman–Crippen LogP) is 3.18. The second-order valence-corrected chi connectivity index (χ2v) is 5.80. The van der Waals surface area contributed by atoms with E-state index in [-0.39, 0.29) is 0 Å². The summed E-state index contributed by atoms with van der Waals surface area (Å²) in [5.41, 5.74) is 8.25. The van der Waals surface area contributed by atoms with Crippen molar-refractivity contribution >= 4 is 32.8 Å². The number of rotatable bonds is 5. The summed E-state index contributed by atoms with van der Waals surface area (Å²) in [6.45, 7) is 4.90. The fraction of sp³-hybridized carbons (Fsp3) is 0.400. The first kappa shape index (κ1) is 14.9. The highest BCUT2D eigenvalue weighted by molar-refractivity contribution is 9.10. The number of guanidine groups is 1. The zero-order valence-corrected chi connectivity index (χ0v) is 13.5. The number of halogens is 1. The lowest BCUT2D eigenvalue weighted by atomic mass is 10.1. The van der Waals surface area contributed by atoms with Gasteiger partial charge in [0.2, 0.25) is 0 Å². The molecule has 0 saturated carbocycles. The highest BCUT2D eigenvalue weighted by Gasteiger charge is 2.06. The summed E-state index contributed by atoms with van der Waals surface area (Å²) < 4.78 is 1.11. The molecule has 2 rings (SSSR count). The van der Waals surface area contributed by atoms with E-state index in [1.54, 1.807) is 0 Å². The van der Waals surface area contributed by atoms with Crippen molar-refractivity contribution in [2.45, 2.75) is 32.7 Å². The summed E-state index contributed by atoms with van der Waals surface area (Å²) in [5, 5.41) is 4.40. The number of hydrogen-bond acceptors (Lipinski definition) is 1. The van der Waals surface area contributed by atoms with Gasteiger partial charge in [-0.1, -0.05) is 28.9 Å². The summed E-state index contributed by atoms with van der Waals surface area (Å²) in [6.07, 6.45) is 3.94. The molecule has 1 heterocycles. The van der Waals surface area contributed by atoms with Crippen molar-refractivity contribution in [1.82, 2.24) is 10.3 Å². The molecule has 5 heteroatoms. The van der Waals surface area contributed by atoms with E-state index in [2.05, 4.69) is 57.2 Å². The molecule has 1 atom stereocenters. The van der Waals surface area contributed by atoms with Crippen LogP contribution in [0.5, 0.6) is 0 Å². The monoisotopic (exact) mass is 336 g/mol. The lowest BCUT2D eigenvalue weighted by Crippen LogP contribution is -2.38. The van der Waals surface area contributed by atoms with Crippen LogP contribution in [0.25, 0.3) is 10.9 Å². The van der Waals surface area contributed by atoms with Gasteiger partial charge in [0.15, 0.2) is 5.96 Å². The van der Waals surface area contributed by atoms with Gasteiger partial charge < -0.3 is 16.0 Å². The van der Waals surface area contributed by atoms with E-state index >= 15 is 0 Å². The lowest BCUT2D eigenvalue weighted by molar-refractivity contribution is 0.636. The summed E-state index contributed by atoms with van der Waals surface area (Å²) in [4.78, 5) is 7.66. The second-order valence-electron chi connectivity index (χ2n) is 4.95. The molecule has 0 saturated heterocycles. The van der Waals surface area contributed by atoms with Crippen LogP contribution in [-0.4, -0.2) is 23.5 Å². The van der Waals surface area contributed by atoms with Crippen molar-refractivity contribution in [1.29, 1.82) is 0 Å². The molecule has 1 unspecified atom stereocenters. The number of aromatic amines is 1. The van der Waals surface area contributed by atoms with Crippen molar-refractivity contribution < 1.29 is 0 Å². The highest BCUT2D eigenvalue weighted by Crippen LogP contribution is 2.27. The van der Waals surface area contributed by atoms with Crippen LogP contribution in [0.2, 0.25) is 0 Å². The molecule has 0 spiro atoms. The van der Waals surface area contributed by atoms with Gasteiger partial charge in [-0.3, -0.25) is 4.99 Å². The standard InChI is InChI=1S/C15H21BrN4/c1-3-10(2)20-15(17)18-8-7-11-9-19-13-6-4-5-12(16)14(11)13/h4-6,9-10,19H,3,7-8H2,1-2H3,(H3,17,18,20). The molecular weight excluding hydrogens is 316 g/mol. The van der Waals surface area contributed by atoms with Crippen molar-refractivity contribution in [3.05, 3.63) is 34.4 Å². The number of aromatic nitrogens is 1. The topological polar surface area (TPSA) is 66.2 Å². The smallest absolute Gasteiger partial charge is 0.188 e. The average molecular weight is 337 g/mol. The average Bonchev–Trinajstić information content (AvgIpc) is 2.83. The van der Waals surface area contributed by atoms with Gasteiger partial charge in [-0.25, -0.2) is 0 Å². The van der Waals surface area contributed by atoms with Gasteiger partial charge in [0.05, 0.1) is 0 Å². The molecule has 108 valence electrons. The SMILES string of the molecule is CCC(C)NC(N)=NCCc1c[nH]c2cccc(Br)c12. The molecule has 20 heavy (non-hydrogen) atoms. The van der Waals surface area contributed by atoms with E-state index < -0.39 is 0 Å². The van der Waals surface area contributed by atoms with Crippen LogP contribution in [0.4, 0.5) is 0 Å². The molecule has 0 aliphatic heterocycles. The van der Waals surface area contributed by atoms with Crippen LogP contribution in [0.1, 0.15) is 25.8 Å². The molecule has 0 aliphatic carbocycles. The first-order chi connectivity index (χ1) is 9.61. The molecule has 4 nitrogen and oxygen atoms in total. The molecule has 1 aromatic heterocycles. The molecule has 0 aliphatic rings. The number of benzene rings is 1. The van der Waals surface area contributed by atoms with Gasteiger partial charge in [-0.2, -0.15) is 0 Å². The molecule has 1 aromatic carbocycles. The minimum atomic E-state index is 0.362. The minimum Gasteiger partial charge on any atom is -0.370 e. The first-order valence-corrected chi connectivity index (χ1v) is 7.72. The van der Waals surface area contributed by atoms with Gasteiger partial charge >= 0.3 is 0 Å².